The van der Waals surface area contributed by atoms with Crippen molar-refractivity contribution in [1.82, 2.24) is 4.98 Å². The van der Waals surface area contributed by atoms with Crippen LogP contribution in [0.2, 0.25) is 0 Å². The number of carbonyl (C=O) groups is 2. The number of halogens is 1. The van der Waals surface area contributed by atoms with Gasteiger partial charge in [-0.2, -0.15) is 0 Å². The zero-order valence-corrected chi connectivity index (χ0v) is 22.3. The number of carbonyl (C=O) groups excluding carboxylic acids is 2. The summed E-state index contributed by atoms with van der Waals surface area (Å²) in [4.78, 5) is 33.0. The molecule has 8 heteroatoms. The van der Waals surface area contributed by atoms with Gasteiger partial charge in [0, 0.05) is 10.0 Å². The van der Waals surface area contributed by atoms with Gasteiger partial charge in [-0.1, -0.05) is 45.5 Å². The van der Waals surface area contributed by atoms with E-state index in [0.717, 1.165) is 25.8 Å². The van der Waals surface area contributed by atoms with E-state index in [2.05, 4.69) is 15.9 Å². The number of aromatic nitrogens is 1. The van der Waals surface area contributed by atoms with Crippen molar-refractivity contribution < 1.29 is 19.4 Å². The van der Waals surface area contributed by atoms with E-state index in [0.29, 0.717) is 28.6 Å². The lowest BCUT2D eigenvalue weighted by Gasteiger charge is -2.23. The van der Waals surface area contributed by atoms with E-state index in [9.17, 15) is 14.7 Å². The van der Waals surface area contributed by atoms with Gasteiger partial charge in [0.1, 0.15) is 11.5 Å². The van der Waals surface area contributed by atoms with Crippen LogP contribution in [0.15, 0.2) is 70.7 Å². The van der Waals surface area contributed by atoms with Crippen LogP contribution >= 0.6 is 27.3 Å². The summed E-state index contributed by atoms with van der Waals surface area (Å²) < 4.78 is 7.29. The number of aliphatic hydroxyl groups is 1. The van der Waals surface area contributed by atoms with E-state index in [1.54, 1.807) is 24.3 Å². The molecule has 4 aromatic rings. The predicted molar refractivity (Wildman–Crippen MR) is 146 cm³/mol. The number of thiazole rings is 1. The highest BCUT2D eigenvalue weighted by Crippen LogP contribution is 2.45. The normalized spacial score (nSPS) is 17.2. The molecule has 0 unspecified atom stereocenters. The average Bonchev–Trinajstić information content (AvgIpc) is 3.38. The van der Waals surface area contributed by atoms with Crippen LogP contribution in [-0.2, 0) is 9.59 Å². The summed E-state index contributed by atoms with van der Waals surface area (Å²) in [5.74, 6) is -1.05. The number of hydrogen-bond acceptors (Lipinski definition) is 6. The van der Waals surface area contributed by atoms with Gasteiger partial charge in [0.2, 0.25) is 0 Å². The maximum Gasteiger partial charge on any atom is 0.301 e. The Balaban J connectivity index is 1.69. The van der Waals surface area contributed by atoms with Crippen LogP contribution in [0.3, 0.4) is 0 Å². The Hall–Kier alpha value is -3.49. The molecule has 5 rings (SSSR count). The highest BCUT2D eigenvalue weighted by Gasteiger charge is 2.48. The Labute approximate surface area is 221 Å². The number of nitrogens with zero attached hydrogens (tertiary/aromatic N) is 2. The monoisotopic (exact) mass is 562 g/mol. The van der Waals surface area contributed by atoms with E-state index in [-0.39, 0.29) is 11.3 Å². The van der Waals surface area contributed by atoms with Gasteiger partial charge in [0.15, 0.2) is 5.13 Å². The summed E-state index contributed by atoms with van der Waals surface area (Å²) in [6, 6.07) is 17.4. The van der Waals surface area contributed by atoms with Gasteiger partial charge >= 0.3 is 5.91 Å². The number of aliphatic hydroxyl groups excluding tert-OH is 1. The third kappa shape index (κ3) is 4.20. The number of hydrogen-bond donors (Lipinski definition) is 1. The minimum absolute atomic E-state index is 0.0265. The summed E-state index contributed by atoms with van der Waals surface area (Å²) in [7, 11) is 0. The first-order valence-corrected chi connectivity index (χ1v) is 13.1. The SMILES string of the molecule is CCOc1ccc(C(O)=C2C(=O)C(=O)N(c3nc4c(C)cc(C)cc4s3)[C@H]2c2ccc(Br)cc2)cc1. The smallest absolute Gasteiger partial charge is 0.301 e. The van der Waals surface area contributed by atoms with E-state index in [1.165, 1.54) is 16.2 Å². The van der Waals surface area contributed by atoms with E-state index < -0.39 is 17.7 Å². The summed E-state index contributed by atoms with van der Waals surface area (Å²) >= 11 is 4.80. The lowest BCUT2D eigenvalue weighted by atomic mass is 9.95. The third-order valence-corrected chi connectivity index (χ3v) is 7.62. The molecule has 1 fully saturated rings. The first kappa shape index (κ1) is 24.2. The first-order valence-electron chi connectivity index (χ1n) is 11.5. The molecule has 182 valence electrons. The molecule has 0 spiro atoms. The first-order chi connectivity index (χ1) is 17.3. The van der Waals surface area contributed by atoms with E-state index in [1.807, 2.05) is 57.2 Å². The third-order valence-electron chi connectivity index (χ3n) is 6.09. The van der Waals surface area contributed by atoms with Gasteiger partial charge in [-0.15, -0.1) is 0 Å². The Morgan fingerprint density at radius 1 is 1.08 bits per heavy atom. The number of aryl methyl sites for hydroxylation is 2. The molecule has 3 aromatic carbocycles. The van der Waals surface area contributed by atoms with Crippen molar-refractivity contribution in [1.29, 1.82) is 0 Å². The number of anilines is 1. The van der Waals surface area contributed by atoms with Gasteiger partial charge in [0.05, 0.1) is 28.4 Å². The maximum absolute atomic E-state index is 13.4. The van der Waals surface area contributed by atoms with E-state index in [4.69, 9.17) is 9.72 Å². The number of fused-ring (bicyclic) bond motifs is 1. The number of amides is 1. The van der Waals surface area contributed by atoms with Crippen LogP contribution in [0.5, 0.6) is 5.75 Å². The molecule has 0 aliphatic carbocycles. The average molecular weight is 563 g/mol. The van der Waals surface area contributed by atoms with Gasteiger partial charge in [-0.3, -0.25) is 14.5 Å². The molecule has 1 aromatic heterocycles. The van der Waals surface area contributed by atoms with Gasteiger partial charge in [-0.25, -0.2) is 4.98 Å². The quantitative estimate of drug-likeness (QED) is 0.166. The molecule has 6 nitrogen and oxygen atoms in total. The molecular formula is C28H23BrN2O4S. The fourth-order valence-corrected chi connectivity index (χ4v) is 5.92. The van der Waals surface area contributed by atoms with Gasteiger partial charge < -0.3 is 9.84 Å². The highest BCUT2D eigenvalue weighted by atomic mass is 79.9. The second-order valence-electron chi connectivity index (χ2n) is 8.60. The Bertz CT molecular complexity index is 1520. The predicted octanol–water partition coefficient (Wildman–Crippen LogP) is 6.70. The van der Waals surface area contributed by atoms with Crippen molar-refractivity contribution >= 4 is 60.1 Å². The second kappa shape index (κ2) is 9.52. The van der Waals surface area contributed by atoms with Crippen LogP contribution in [0.1, 0.15) is 35.2 Å². The molecule has 1 atom stereocenters. The molecule has 1 N–H and O–H groups in total. The van der Waals surface area contributed by atoms with Gasteiger partial charge in [-0.05, 0) is 79.9 Å². The minimum Gasteiger partial charge on any atom is -0.507 e. The molecule has 1 saturated heterocycles. The fraction of sp³-hybridized carbons (Fsp3) is 0.179. The molecule has 36 heavy (non-hydrogen) atoms. The summed E-state index contributed by atoms with van der Waals surface area (Å²) in [6.45, 7) is 6.39. The maximum atomic E-state index is 13.4. The molecule has 0 bridgehead atoms. The zero-order chi connectivity index (χ0) is 25.6. The number of Topliss-reactive ketones (excluding diaryl/α,β-unsaturated/α-hetero) is 1. The van der Waals surface area contributed by atoms with Crippen molar-refractivity contribution in [2.24, 2.45) is 0 Å². The van der Waals surface area contributed by atoms with Crippen molar-refractivity contribution in [3.05, 3.63) is 93.0 Å². The Morgan fingerprint density at radius 3 is 2.44 bits per heavy atom. The standard InChI is InChI=1S/C28H23BrN2O4S/c1-4-35-20-11-7-18(8-12-20)25(32)22-24(17-5-9-19(29)10-6-17)31(27(34)26(22)33)28-30-23-16(3)13-15(2)14-21(23)36-28/h5-14,24,32H,4H2,1-3H3/t24-/m0/s1. The number of ether oxygens (including phenoxy) is 1. The van der Waals surface area contributed by atoms with Crippen LogP contribution in [0.25, 0.3) is 16.0 Å². The lowest BCUT2D eigenvalue weighted by molar-refractivity contribution is -0.132. The molecule has 0 radical (unpaired) electrons. The van der Waals surface area contributed by atoms with Crippen molar-refractivity contribution in [3.63, 3.8) is 0 Å². The minimum atomic E-state index is -0.827. The second-order valence-corrected chi connectivity index (χ2v) is 10.5. The van der Waals surface area contributed by atoms with Crippen LogP contribution < -0.4 is 9.64 Å². The summed E-state index contributed by atoms with van der Waals surface area (Å²) in [5, 5.41) is 11.7. The number of benzene rings is 3. The van der Waals surface area contributed by atoms with Crippen molar-refractivity contribution in [2.75, 3.05) is 11.5 Å². The number of rotatable bonds is 5. The Morgan fingerprint density at radius 2 is 1.78 bits per heavy atom. The largest absolute Gasteiger partial charge is 0.507 e. The number of ketones is 1. The van der Waals surface area contributed by atoms with Crippen molar-refractivity contribution in [2.45, 2.75) is 26.8 Å². The highest BCUT2D eigenvalue weighted by molar-refractivity contribution is 9.10. The molecule has 2 heterocycles. The van der Waals surface area contributed by atoms with Gasteiger partial charge in [0.25, 0.3) is 5.78 Å². The lowest BCUT2D eigenvalue weighted by Crippen LogP contribution is -2.29. The molecule has 1 aliphatic rings. The van der Waals surface area contributed by atoms with Crippen LogP contribution in [0.4, 0.5) is 5.13 Å². The van der Waals surface area contributed by atoms with Crippen LogP contribution in [-0.4, -0.2) is 28.4 Å². The summed E-state index contributed by atoms with van der Waals surface area (Å²) in [5.41, 5.74) is 4.03. The molecule has 1 amide bonds. The van der Waals surface area contributed by atoms with Crippen molar-refractivity contribution in [3.8, 4) is 5.75 Å². The molecular weight excluding hydrogens is 540 g/mol. The molecule has 0 saturated carbocycles. The molecule has 1 aliphatic heterocycles. The zero-order valence-electron chi connectivity index (χ0n) is 19.9. The van der Waals surface area contributed by atoms with Crippen LogP contribution in [0, 0.1) is 13.8 Å². The fourth-order valence-electron chi connectivity index (χ4n) is 4.48. The summed E-state index contributed by atoms with van der Waals surface area (Å²) in [6.07, 6.45) is 0. The Kier molecular flexibility index (Phi) is 6.40. The topological polar surface area (TPSA) is 79.7 Å². The van der Waals surface area contributed by atoms with E-state index >= 15 is 0 Å².